The number of nitrogens with one attached hydrogen (secondary N) is 2. The Morgan fingerprint density at radius 3 is 2.97 bits per heavy atom. The van der Waals surface area contributed by atoms with Crippen molar-refractivity contribution >= 4 is 45.1 Å². The smallest absolute Gasteiger partial charge is 0.221 e. The second-order valence-electron chi connectivity index (χ2n) is 7.64. The number of ether oxygens (including phenoxy) is 1. The van der Waals surface area contributed by atoms with Crippen molar-refractivity contribution in [2.75, 3.05) is 31.3 Å². The second kappa shape index (κ2) is 9.04. The Bertz CT molecular complexity index is 1300. The molecule has 8 heteroatoms. The van der Waals surface area contributed by atoms with Gasteiger partial charge in [0.15, 0.2) is 0 Å². The summed E-state index contributed by atoms with van der Waals surface area (Å²) in [4.78, 5) is 14.0. The van der Waals surface area contributed by atoms with Gasteiger partial charge in [0.25, 0.3) is 0 Å². The normalized spacial score (nSPS) is 12.4. The summed E-state index contributed by atoms with van der Waals surface area (Å²) < 4.78 is 6.38. The number of aliphatic imine (C=N–C) groups is 1. The quantitative estimate of drug-likeness (QED) is 0.350. The molecule has 0 amide bonds. The van der Waals surface area contributed by atoms with E-state index in [2.05, 4.69) is 62.0 Å². The van der Waals surface area contributed by atoms with E-state index in [1.807, 2.05) is 6.21 Å². The number of fused-ring (bicyclic) bond motifs is 2. The average Bonchev–Trinajstić information content (AvgIpc) is 3.43. The fourth-order valence-corrected chi connectivity index (χ4v) is 4.93. The molecule has 0 atom stereocenters. The van der Waals surface area contributed by atoms with Gasteiger partial charge in [0.2, 0.25) is 5.95 Å². The van der Waals surface area contributed by atoms with Crippen LogP contribution < -0.4 is 16.4 Å². The van der Waals surface area contributed by atoms with Crippen LogP contribution in [0.1, 0.15) is 16.7 Å². The monoisotopic (exact) mass is 444 g/mol. The van der Waals surface area contributed by atoms with Gasteiger partial charge >= 0.3 is 0 Å². The first-order chi connectivity index (χ1) is 15.7. The highest BCUT2D eigenvalue weighted by molar-refractivity contribution is 7.22. The molecule has 0 saturated heterocycles. The molecular weight excluding hydrogens is 420 g/mol. The van der Waals surface area contributed by atoms with Crippen molar-refractivity contribution < 1.29 is 4.74 Å². The molecule has 32 heavy (non-hydrogen) atoms. The molecule has 4 N–H and O–H groups in total. The van der Waals surface area contributed by atoms with E-state index in [1.54, 1.807) is 30.7 Å². The molecule has 0 saturated carbocycles. The molecule has 4 aromatic rings. The van der Waals surface area contributed by atoms with Gasteiger partial charge in [-0.2, -0.15) is 4.98 Å². The molecule has 0 unspecified atom stereocenters. The van der Waals surface area contributed by atoms with E-state index in [4.69, 9.17) is 10.5 Å². The number of anilines is 3. The molecule has 0 fully saturated rings. The van der Waals surface area contributed by atoms with Crippen molar-refractivity contribution in [1.82, 2.24) is 15.3 Å². The molecule has 2 aromatic carbocycles. The Kier molecular flexibility index (Phi) is 5.81. The summed E-state index contributed by atoms with van der Waals surface area (Å²) in [5, 5.41) is 8.02. The predicted molar refractivity (Wildman–Crippen MR) is 132 cm³/mol. The zero-order chi connectivity index (χ0) is 21.9. The van der Waals surface area contributed by atoms with Crippen molar-refractivity contribution in [3.05, 3.63) is 65.4 Å². The summed E-state index contributed by atoms with van der Waals surface area (Å²) in [5.74, 6) is 0.912. The van der Waals surface area contributed by atoms with Gasteiger partial charge in [-0.25, -0.2) is 4.98 Å². The maximum Gasteiger partial charge on any atom is 0.221 e. The number of rotatable bonds is 8. The number of thiophene rings is 1. The maximum absolute atomic E-state index is 5.73. The highest BCUT2D eigenvalue weighted by atomic mass is 32.1. The van der Waals surface area contributed by atoms with Gasteiger partial charge < -0.3 is 21.1 Å². The first-order valence-corrected chi connectivity index (χ1v) is 11.3. The van der Waals surface area contributed by atoms with E-state index in [9.17, 15) is 0 Å². The van der Waals surface area contributed by atoms with Gasteiger partial charge in [-0.05, 0) is 58.5 Å². The van der Waals surface area contributed by atoms with Crippen LogP contribution in [0.2, 0.25) is 0 Å². The first kappa shape index (κ1) is 20.6. The van der Waals surface area contributed by atoms with Crippen LogP contribution in [0.25, 0.3) is 20.5 Å². The highest BCUT2D eigenvalue weighted by Crippen LogP contribution is 2.39. The fraction of sp³-hybridized carbons (Fsp3) is 0.208. The SMILES string of the molecule is COCCNCc1ccc2sc(-c3cc(Nc4ccnc(N)n4)cc4c3CN=C4)cc2c1. The molecule has 162 valence electrons. The summed E-state index contributed by atoms with van der Waals surface area (Å²) in [6.07, 6.45) is 3.59. The van der Waals surface area contributed by atoms with E-state index < -0.39 is 0 Å². The van der Waals surface area contributed by atoms with Gasteiger partial charge in [-0.1, -0.05) is 6.07 Å². The number of methoxy groups -OCH3 is 1. The topological polar surface area (TPSA) is 97.5 Å². The van der Waals surface area contributed by atoms with Crippen LogP contribution >= 0.6 is 11.3 Å². The lowest BCUT2D eigenvalue weighted by molar-refractivity contribution is 0.199. The van der Waals surface area contributed by atoms with Crippen LogP contribution in [0.15, 0.2) is 53.7 Å². The van der Waals surface area contributed by atoms with Crippen LogP contribution in [0, 0.1) is 0 Å². The summed E-state index contributed by atoms with van der Waals surface area (Å²) >= 11 is 1.81. The number of nitrogens with two attached hydrogens (primary N) is 1. The van der Waals surface area contributed by atoms with Crippen LogP contribution in [-0.2, 0) is 17.8 Å². The number of nitrogen functional groups attached to an aromatic ring is 1. The van der Waals surface area contributed by atoms with Crippen molar-refractivity contribution in [1.29, 1.82) is 0 Å². The predicted octanol–water partition coefficient (Wildman–Crippen LogP) is 4.35. The maximum atomic E-state index is 5.73. The van der Waals surface area contributed by atoms with Crippen LogP contribution in [-0.4, -0.2) is 36.4 Å². The van der Waals surface area contributed by atoms with Crippen molar-refractivity contribution in [2.24, 2.45) is 4.99 Å². The molecule has 7 nitrogen and oxygen atoms in total. The molecule has 0 radical (unpaired) electrons. The van der Waals surface area contributed by atoms with E-state index in [1.165, 1.54) is 31.7 Å². The lowest BCUT2D eigenvalue weighted by atomic mass is 10.00. The lowest BCUT2D eigenvalue weighted by Crippen LogP contribution is -2.18. The fourth-order valence-electron chi connectivity index (χ4n) is 3.85. The van der Waals surface area contributed by atoms with Gasteiger partial charge in [0.05, 0.1) is 13.2 Å². The van der Waals surface area contributed by atoms with E-state index in [0.717, 1.165) is 24.3 Å². The zero-order valence-corrected chi connectivity index (χ0v) is 18.6. The molecule has 1 aliphatic rings. The Balaban J connectivity index is 1.46. The van der Waals surface area contributed by atoms with Crippen molar-refractivity contribution in [3.8, 4) is 10.4 Å². The minimum atomic E-state index is 0.245. The summed E-state index contributed by atoms with van der Waals surface area (Å²) in [7, 11) is 1.72. The third-order valence-corrected chi connectivity index (χ3v) is 6.52. The average molecular weight is 445 g/mol. The van der Waals surface area contributed by atoms with Crippen LogP contribution in [0.4, 0.5) is 17.5 Å². The second-order valence-corrected chi connectivity index (χ2v) is 8.72. The number of benzene rings is 2. The third-order valence-electron chi connectivity index (χ3n) is 5.37. The lowest BCUT2D eigenvalue weighted by Gasteiger charge is -2.12. The van der Waals surface area contributed by atoms with E-state index >= 15 is 0 Å². The van der Waals surface area contributed by atoms with Crippen LogP contribution in [0.5, 0.6) is 0 Å². The van der Waals surface area contributed by atoms with Crippen LogP contribution in [0.3, 0.4) is 0 Å². The minimum absolute atomic E-state index is 0.245. The Labute approximate surface area is 190 Å². The number of nitrogens with zero attached hydrogens (tertiary/aromatic N) is 3. The Morgan fingerprint density at radius 2 is 2.09 bits per heavy atom. The molecule has 0 aliphatic carbocycles. The Morgan fingerprint density at radius 1 is 1.16 bits per heavy atom. The van der Waals surface area contributed by atoms with Gasteiger partial charge in [-0.3, -0.25) is 4.99 Å². The number of hydrogen-bond donors (Lipinski definition) is 3. The summed E-state index contributed by atoms with van der Waals surface area (Å²) in [5.41, 5.74) is 11.5. The molecule has 2 aromatic heterocycles. The molecule has 5 rings (SSSR count). The first-order valence-electron chi connectivity index (χ1n) is 10.4. The number of hydrogen-bond acceptors (Lipinski definition) is 8. The summed E-state index contributed by atoms with van der Waals surface area (Å²) in [6.45, 7) is 3.08. The Hall–Kier alpha value is -3.33. The third kappa shape index (κ3) is 4.34. The number of aromatic nitrogens is 2. The van der Waals surface area contributed by atoms with Gasteiger partial charge in [-0.15, -0.1) is 11.3 Å². The highest BCUT2D eigenvalue weighted by Gasteiger charge is 2.17. The molecule has 0 spiro atoms. The molecule has 0 bridgehead atoms. The molecular formula is C24H24N6OS. The van der Waals surface area contributed by atoms with E-state index in [-0.39, 0.29) is 5.95 Å². The minimum Gasteiger partial charge on any atom is -0.383 e. The largest absolute Gasteiger partial charge is 0.383 e. The van der Waals surface area contributed by atoms with Gasteiger partial charge in [0, 0.05) is 53.4 Å². The molecule has 3 heterocycles. The van der Waals surface area contributed by atoms with E-state index in [0.29, 0.717) is 19.0 Å². The van der Waals surface area contributed by atoms with Crippen molar-refractivity contribution in [2.45, 2.75) is 13.1 Å². The van der Waals surface area contributed by atoms with Gasteiger partial charge in [0.1, 0.15) is 5.82 Å². The van der Waals surface area contributed by atoms with Crippen molar-refractivity contribution in [3.63, 3.8) is 0 Å². The zero-order valence-electron chi connectivity index (χ0n) is 17.8. The standard InChI is InChI=1S/C24H24N6OS/c1-31-7-6-26-12-15-2-3-21-16(8-15)10-22(32-21)19-11-18(9-17-13-27-14-20(17)19)29-23-4-5-28-24(25)30-23/h2-5,8-11,13,26H,6-7,12,14H2,1H3,(H3,25,28,29,30). The molecule has 1 aliphatic heterocycles. The summed E-state index contributed by atoms with van der Waals surface area (Å²) in [6, 6.07) is 15.0.